The van der Waals surface area contributed by atoms with E-state index in [-0.39, 0.29) is 11.9 Å². The second-order valence-electron chi connectivity index (χ2n) is 3.78. The van der Waals surface area contributed by atoms with E-state index in [1.54, 1.807) is 0 Å². The van der Waals surface area contributed by atoms with Gasteiger partial charge in [-0.15, -0.1) is 0 Å². The van der Waals surface area contributed by atoms with Crippen LogP contribution in [0.25, 0.3) is 0 Å². The first-order valence-corrected chi connectivity index (χ1v) is 5.15. The number of nitrogens with zero attached hydrogens (tertiary/aromatic N) is 1. The fourth-order valence-corrected chi connectivity index (χ4v) is 1.24. The average molecular weight is 217 g/mol. The van der Waals surface area contributed by atoms with Crippen molar-refractivity contribution < 1.29 is 9.53 Å². The molecule has 0 rings (SSSR count). The van der Waals surface area contributed by atoms with Crippen LogP contribution in [-0.4, -0.2) is 43.0 Å². The highest BCUT2D eigenvalue weighted by Crippen LogP contribution is 2.05. The lowest BCUT2D eigenvalue weighted by atomic mass is 10.1. The predicted octanol–water partition coefficient (Wildman–Crippen LogP) is 1.51. The topological polar surface area (TPSA) is 29.5 Å². The van der Waals surface area contributed by atoms with Crippen LogP contribution in [0.2, 0.25) is 0 Å². The fraction of sp³-hybridized carbons (Fsp3) is 0.800. The van der Waals surface area contributed by atoms with Gasteiger partial charge in [0.2, 0.25) is 0 Å². The number of ether oxygens (including phenoxy) is 1. The van der Waals surface area contributed by atoms with E-state index in [2.05, 4.69) is 0 Å². The highest BCUT2D eigenvalue weighted by Gasteiger charge is 2.14. The van der Waals surface area contributed by atoms with Crippen LogP contribution >= 0.6 is 12.2 Å². The van der Waals surface area contributed by atoms with Crippen LogP contribution in [0.4, 0.5) is 0 Å². The van der Waals surface area contributed by atoms with Crippen molar-refractivity contribution in [3.8, 4) is 0 Å². The molecular weight excluding hydrogens is 198 g/mol. The van der Waals surface area contributed by atoms with Crippen LogP contribution in [0.5, 0.6) is 0 Å². The normalized spacial score (nSPS) is 12.6. The zero-order valence-corrected chi connectivity index (χ0v) is 10.2. The monoisotopic (exact) mass is 217 g/mol. The van der Waals surface area contributed by atoms with Gasteiger partial charge in [0.1, 0.15) is 6.61 Å². The summed E-state index contributed by atoms with van der Waals surface area (Å²) < 4.78 is 5.08. The third-order valence-corrected chi connectivity index (χ3v) is 1.95. The minimum Gasteiger partial charge on any atom is -0.464 e. The Bertz CT molecular complexity index is 204. The standard InChI is InChI=1S/C10H19NO2S/c1-8(7-9(2)14)10(12)13-6-5-11(3)4/h8H,5-7H2,1-4H3. The SMILES string of the molecule is CC(=S)CC(C)C(=O)OCCN(C)C. The maximum Gasteiger partial charge on any atom is 0.309 e. The highest BCUT2D eigenvalue weighted by molar-refractivity contribution is 7.80. The number of likely N-dealkylation sites (N-methyl/N-ethyl adjacent to an activating group) is 1. The van der Waals surface area contributed by atoms with E-state index in [0.717, 1.165) is 11.4 Å². The summed E-state index contributed by atoms with van der Waals surface area (Å²) in [5.41, 5.74) is 0. The molecule has 82 valence electrons. The molecule has 0 aromatic heterocycles. The largest absolute Gasteiger partial charge is 0.464 e. The minimum atomic E-state index is -0.156. The summed E-state index contributed by atoms with van der Waals surface area (Å²) in [4.78, 5) is 14.2. The summed E-state index contributed by atoms with van der Waals surface area (Å²) in [6.45, 7) is 4.90. The number of thiocarbonyl (C=S) groups is 1. The number of esters is 1. The van der Waals surface area contributed by atoms with Crippen LogP contribution in [0, 0.1) is 5.92 Å². The molecule has 0 spiro atoms. The van der Waals surface area contributed by atoms with Gasteiger partial charge in [0, 0.05) is 6.54 Å². The van der Waals surface area contributed by atoms with Crippen LogP contribution in [0.1, 0.15) is 20.3 Å². The number of hydrogen-bond acceptors (Lipinski definition) is 4. The van der Waals surface area contributed by atoms with Crippen LogP contribution in [0.3, 0.4) is 0 Å². The molecule has 3 nitrogen and oxygen atoms in total. The number of rotatable bonds is 6. The molecule has 0 saturated carbocycles. The quantitative estimate of drug-likeness (QED) is 0.498. The van der Waals surface area contributed by atoms with Crippen LogP contribution < -0.4 is 0 Å². The zero-order valence-electron chi connectivity index (χ0n) is 9.37. The Balaban J connectivity index is 3.67. The Kier molecular flexibility index (Phi) is 6.66. The van der Waals surface area contributed by atoms with Gasteiger partial charge in [-0.05, 0) is 32.3 Å². The van der Waals surface area contributed by atoms with Crippen LogP contribution in [-0.2, 0) is 9.53 Å². The lowest BCUT2D eigenvalue weighted by Crippen LogP contribution is -2.23. The smallest absolute Gasteiger partial charge is 0.309 e. The molecule has 0 bridgehead atoms. The maximum absolute atomic E-state index is 11.4. The summed E-state index contributed by atoms with van der Waals surface area (Å²) in [5, 5.41) is 0. The molecule has 0 heterocycles. The van der Waals surface area contributed by atoms with E-state index in [4.69, 9.17) is 17.0 Å². The summed E-state index contributed by atoms with van der Waals surface area (Å²) in [5.74, 6) is -0.272. The van der Waals surface area contributed by atoms with Crippen molar-refractivity contribution in [3.63, 3.8) is 0 Å². The zero-order chi connectivity index (χ0) is 11.1. The second-order valence-corrected chi connectivity index (χ2v) is 4.47. The van der Waals surface area contributed by atoms with E-state index in [1.165, 1.54) is 0 Å². The van der Waals surface area contributed by atoms with E-state index >= 15 is 0 Å². The molecule has 0 fully saturated rings. The van der Waals surface area contributed by atoms with Crippen molar-refractivity contribution in [1.82, 2.24) is 4.90 Å². The summed E-state index contributed by atoms with van der Waals surface area (Å²) in [6, 6.07) is 0. The molecule has 0 N–H and O–H groups in total. The molecule has 4 heteroatoms. The first-order valence-electron chi connectivity index (χ1n) is 4.74. The lowest BCUT2D eigenvalue weighted by Gasteiger charge is -2.13. The predicted molar refractivity (Wildman–Crippen MR) is 61.6 cm³/mol. The maximum atomic E-state index is 11.4. The van der Waals surface area contributed by atoms with E-state index in [9.17, 15) is 4.79 Å². The molecule has 1 unspecified atom stereocenters. The average Bonchev–Trinajstić information content (AvgIpc) is 2.01. The third-order valence-electron chi connectivity index (χ3n) is 1.78. The van der Waals surface area contributed by atoms with Gasteiger partial charge in [-0.3, -0.25) is 4.79 Å². The molecule has 0 aliphatic rings. The van der Waals surface area contributed by atoms with Gasteiger partial charge in [-0.2, -0.15) is 0 Å². The number of carbonyl (C=O) groups is 1. The minimum absolute atomic E-state index is 0.116. The Morgan fingerprint density at radius 3 is 2.50 bits per heavy atom. The number of hydrogen-bond donors (Lipinski definition) is 0. The summed E-state index contributed by atoms with van der Waals surface area (Å²) >= 11 is 4.93. The van der Waals surface area contributed by atoms with E-state index < -0.39 is 0 Å². The summed E-state index contributed by atoms with van der Waals surface area (Å²) in [6.07, 6.45) is 0.635. The molecule has 0 amide bonds. The molecule has 0 aromatic carbocycles. The first-order chi connectivity index (χ1) is 6.43. The van der Waals surface area contributed by atoms with E-state index in [1.807, 2.05) is 32.8 Å². The highest BCUT2D eigenvalue weighted by atomic mass is 32.1. The molecule has 0 aliphatic carbocycles. The van der Waals surface area contributed by atoms with Gasteiger partial charge in [0.15, 0.2) is 0 Å². The van der Waals surface area contributed by atoms with Gasteiger partial charge in [-0.1, -0.05) is 19.1 Å². The van der Waals surface area contributed by atoms with Crippen molar-refractivity contribution in [3.05, 3.63) is 0 Å². The van der Waals surface area contributed by atoms with Crippen molar-refractivity contribution >= 4 is 23.1 Å². The molecule has 0 radical (unpaired) electrons. The van der Waals surface area contributed by atoms with Crippen LogP contribution in [0.15, 0.2) is 0 Å². The molecule has 0 aromatic rings. The Hall–Kier alpha value is -0.480. The molecule has 0 aliphatic heterocycles. The van der Waals surface area contributed by atoms with Crippen molar-refractivity contribution in [2.24, 2.45) is 5.92 Å². The Labute approximate surface area is 91.4 Å². The second kappa shape index (κ2) is 6.90. The lowest BCUT2D eigenvalue weighted by molar-refractivity contribution is -0.147. The van der Waals surface area contributed by atoms with Gasteiger partial charge in [0.05, 0.1) is 5.92 Å². The Morgan fingerprint density at radius 2 is 2.07 bits per heavy atom. The number of carbonyl (C=O) groups excluding carboxylic acids is 1. The van der Waals surface area contributed by atoms with E-state index in [0.29, 0.717) is 13.0 Å². The van der Waals surface area contributed by atoms with Gasteiger partial charge < -0.3 is 9.64 Å². The first kappa shape index (κ1) is 13.5. The van der Waals surface area contributed by atoms with Gasteiger partial charge >= 0.3 is 5.97 Å². The molecular formula is C10H19NO2S. The van der Waals surface area contributed by atoms with Gasteiger partial charge in [0.25, 0.3) is 0 Å². The molecule has 1 atom stereocenters. The third kappa shape index (κ3) is 6.97. The van der Waals surface area contributed by atoms with Crippen molar-refractivity contribution in [1.29, 1.82) is 0 Å². The molecule has 14 heavy (non-hydrogen) atoms. The van der Waals surface area contributed by atoms with Gasteiger partial charge in [-0.25, -0.2) is 0 Å². The summed E-state index contributed by atoms with van der Waals surface area (Å²) in [7, 11) is 3.89. The fourth-order valence-electron chi connectivity index (χ4n) is 0.986. The van der Waals surface area contributed by atoms with Crippen molar-refractivity contribution in [2.75, 3.05) is 27.2 Å². The van der Waals surface area contributed by atoms with Crippen molar-refractivity contribution in [2.45, 2.75) is 20.3 Å². The Morgan fingerprint density at radius 1 is 1.50 bits per heavy atom. The molecule has 0 saturated heterocycles.